The third-order valence-electron chi connectivity index (χ3n) is 3.23. The molecule has 0 fully saturated rings. The second-order valence-corrected chi connectivity index (χ2v) is 4.93. The third kappa shape index (κ3) is 2.04. The minimum atomic E-state index is -0.148. The molecule has 0 saturated heterocycles. The van der Waals surface area contributed by atoms with Crippen LogP contribution in [0.5, 0.6) is 5.75 Å². The maximum Gasteiger partial charge on any atom is 0.258 e. The van der Waals surface area contributed by atoms with E-state index in [4.69, 9.17) is 11.6 Å². The second-order valence-electron chi connectivity index (χ2n) is 4.54. The van der Waals surface area contributed by atoms with Gasteiger partial charge >= 0.3 is 0 Å². The van der Waals surface area contributed by atoms with Gasteiger partial charge in [0, 0.05) is 24.2 Å². The van der Waals surface area contributed by atoms with Crippen LogP contribution in [0, 0.1) is 0 Å². The Morgan fingerprint density at radius 3 is 2.80 bits per heavy atom. The van der Waals surface area contributed by atoms with Crippen molar-refractivity contribution in [2.24, 2.45) is 7.05 Å². The Morgan fingerprint density at radius 2 is 2.05 bits per heavy atom. The molecular formula is C15H11ClN2O2. The van der Waals surface area contributed by atoms with Crippen LogP contribution in [0.15, 0.2) is 47.4 Å². The molecule has 0 aliphatic rings. The summed E-state index contributed by atoms with van der Waals surface area (Å²) in [5.41, 5.74) is 1.76. The van der Waals surface area contributed by atoms with Crippen LogP contribution in [0.4, 0.5) is 0 Å². The molecular weight excluding hydrogens is 276 g/mol. The number of nitrogens with zero attached hydrogens (tertiary/aromatic N) is 2. The summed E-state index contributed by atoms with van der Waals surface area (Å²) in [6.07, 6.45) is 1.63. The van der Waals surface area contributed by atoms with Crippen molar-refractivity contribution in [3.63, 3.8) is 0 Å². The number of fused-ring (bicyclic) bond motifs is 1. The lowest BCUT2D eigenvalue weighted by atomic mass is 10.1. The molecule has 100 valence electrons. The molecule has 2 aromatic heterocycles. The van der Waals surface area contributed by atoms with E-state index in [0.29, 0.717) is 16.3 Å². The summed E-state index contributed by atoms with van der Waals surface area (Å²) in [4.78, 5) is 16.5. The number of phenols is 1. The zero-order valence-corrected chi connectivity index (χ0v) is 11.4. The minimum Gasteiger partial charge on any atom is -0.508 e. The molecule has 0 aliphatic carbocycles. The van der Waals surface area contributed by atoms with Gasteiger partial charge in [-0.05, 0) is 29.8 Å². The van der Waals surface area contributed by atoms with Crippen LogP contribution in [0.25, 0.3) is 22.0 Å². The van der Waals surface area contributed by atoms with E-state index in [-0.39, 0.29) is 11.3 Å². The normalized spacial score (nSPS) is 10.9. The second kappa shape index (κ2) is 4.65. The van der Waals surface area contributed by atoms with Crippen LogP contribution < -0.4 is 5.56 Å². The number of aromatic nitrogens is 2. The van der Waals surface area contributed by atoms with Crippen molar-refractivity contribution in [2.45, 2.75) is 0 Å². The van der Waals surface area contributed by atoms with E-state index < -0.39 is 0 Å². The minimum absolute atomic E-state index is 0.124. The van der Waals surface area contributed by atoms with Crippen molar-refractivity contribution in [3.8, 4) is 16.9 Å². The summed E-state index contributed by atoms with van der Waals surface area (Å²) in [7, 11) is 1.69. The van der Waals surface area contributed by atoms with E-state index in [2.05, 4.69) is 4.98 Å². The SMILES string of the molecule is Cn1c(=O)c(-c2cccc(O)c2)cc2cnc(Cl)cc21. The lowest BCUT2D eigenvalue weighted by Gasteiger charge is -2.09. The highest BCUT2D eigenvalue weighted by Gasteiger charge is 2.10. The summed E-state index contributed by atoms with van der Waals surface area (Å²) >= 11 is 5.86. The van der Waals surface area contributed by atoms with E-state index in [9.17, 15) is 9.90 Å². The topological polar surface area (TPSA) is 55.1 Å². The molecule has 0 spiro atoms. The van der Waals surface area contributed by atoms with E-state index in [1.54, 1.807) is 49.6 Å². The van der Waals surface area contributed by atoms with Crippen molar-refractivity contribution < 1.29 is 5.11 Å². The van der Waals surface area contributed by atoms with Gasteiger partial charge in [-0.3, -0.25) is 4.79 Å². The van der Waals surface area contributed by atoms with Gasteiger partial charge in [0.05, 0.1) is 5.52 Å². The van der Waals surface area contributed by atoms with Gasteiger partial charge in [-0.25, -0.2) is 4.98 Å². The van der Waals surface area contributed by atoms with Crippen LogP contribution >= 0.6 is 11.6 Å². The van der Waals surface area contributed by atoms with Gasteiger partial charge in [-0.2, -0.15) is 0 Å². The highest BCUT2D eigenvalue weighted by Crippen LogP contribution is 2.24. The van der Waals surface area contributed by atoms with Gasteiger partial charge in [0.2, 0.25) is 0 Å². The molecule has 0 saturated carbocycles. The van der Waals surface area contributed by atoms with Crippen LogP contribution in [0.2, 0.25) is 5.15 Å². The molecule has 0 unspecified atom stereocenters. The highest BCUT2D eigenvalue weighted by atomic mass is 35.5. The summed E-state index contributed by atoms with van der Waals surface area (Å²) < 4.78 is 1.53. The number of hydrogen-bond donors (Lipinski definition) is 1. The number of aromatic hydroxyl groups is 1. The molecule has 3 aromatic rings. The van der Waals surface area contributed by atoms with Crippen LogP contribution in [-0.2, 0) is 7.05 Å². The quantitative estimate of drug-likeness (QED) is 0.700. The molecule has 20 heavy (non-hydrogen) atoms. The third-order valence-corrected chi connectivity index (χ3v) is 3.44. The fraction of sp³-hybridized carbons (Fsp3) is 0.0667. The Kier molecular flexibility index (Phi) is 2.95. The van der Waals surface area contributed by atoms with E-state index in [1.807, 2.05) is 0 Å². The molecule has 3 rings (SSSR count). The first kappa shape index (κ1) is 12.7. The number of rotatable bonds is 1. The molecule has 0 atom stereocenters. The van der Waals surface area contributed by atoms with Crippen molar-refractivity contribution in [3.05, 3.63) is 58.1 Å². The molecule has 0 aliphatic heterocycles. The van der Waals surface area contributed by atoms with Crippen molar-refractivity contribution in [1.82, 2.24) is 9.55 Å². The van der Waals surface area contributed by atoms with Gasteiger partial charge < -0.3 is 9.67 Å². The van der Waals surface area contributed by atoms with Gasteiger partial charge in [-0.15, -0.1) is 0 Å². The fourth-order valence-corrected chi connectivity index (χ4v) is 2.37. The maximum atomic E-state index is 12.4. The largest absolute Gasteiger partial charge is 0.508 e. The Morgan fingerprint density at radius 1 is 1.25 bits per heavy atom. The Labute approximate surface area is 119 Å². The standard InChI is InChI=1S/C15H11ClN2O2/c1-18-13-7-14(16)17-8-10(13)6-12(15(18)20)9-3-2-4-11(19)5-9/h2-8,19H,1H3. The van der Waals surface area contributed by atoms with Crippen LogP contribution in [0.3, 0.4) is 0 Å². The zero-order chi connectivity index (χ0) is 14.3. The predicted octanol–water partition coefficient (Wildman–Crippen LogP) is 2.96. The smallest absolute Gasteiger partial charge is 0.258 e. The van der Waals surface area contributed by atoms with Gasteiger partial charge in [0.1, 0.15) is 10.9 Å². The average Bonchev–Trinajstić information content (AvgIpc) is 2.43. The number of hydrogen-bond acceptors (Lipinski definition) is 3. The Balaban J connectivity index is 2.35. The molecule has 0 bridgehead atoms. The van der Waals surface area contributed by atoms with Crippen molar-refractivity contribution in [2.75, 3.05) is 0 Å². The zero-order valence-electron chi connectivity index (χ0n) is 10.7. The summed E-state index contributed by atoms with van der Waals surface area (Å²) in [6, 6.07) is 10.0. The van der Waals surface area contributed by atoms with E-state index >= 15 is 0 Å². The molecule has 1 N–H and O–H groups in total. The molecule has 4 nitrogen and oxygen atoms in total. The number of pyridine rings is 2. The van der Waals surface area contributed by atoms with Gasteiger partial charge in [0.15, 0.2) is 0 Å². The first-order valence-corrected chi connectivity index (χ1v) is 6.39. The number of phenolic OH excluding ortho intramolecular Hbond substituents is 1. The maximum absolute atomic E-state index is 12.4. The van der Waals surface area contributed by atoms with Crippen LogP contribution in [-0.4, -0.2) is 14.7 Å². The lowest BCUT2D eigenvalue weighted by Crippen LogP contribution is -2.18. The Bertz CT molecular complexity index is 871. The number of benzene rings is 1. The van der Waals surface area contributed by atoms with E-state index in [1.165, 1.54) is 4.57 Å². The molecule has 0 radical (unpaired) electrons. The first-order valence-electron chi connectivity index (χ1n) is 6.01. The number of halogens is 1. The summed E-state index contributed by atoms with van der Waals surface area (Å²) in [5.74, 6) is 0.124. The monoisotopic (exact) mass is 286 g/mol. The van der Waals surface area contributed by atoms with Gasteiger partial charge in [0.25, 0.3) is 5.56 Å². The molecule has 1 aromatic carbocycles. The average molecular weight is 287 g/mol. The molecule has 5 heteroatoms. The van der Waals surface area contributed by atoms with Gasteiger partial charge in [-0.1, -0.05) is 23.7 Å². The van der Waals surface area contributed by atoms with Crippen LogP contribution in [0.1, 0.15) is 0 Å². The number of aryl methyl sites for hydroxylation is 1. The van der Waals surface area contributed by atoms with Crippen molar-refractivity contribution >= 4 is 22.5 Å². The summed E-state index contributed by atoms with van der Waals surface area (Å²) in [6.45, 7) is 0. The van der Waals surface area contributed by atoms with Crippen molar-refractivity contribution in [1.29, 1.82) is 0 Å². The molecule has 2 heterocycles. The predicted molar refractivity (Wildman–Crippen MR) is 79.1 cm³/mol. The highest BCUT2D eigenvalue weighted by molar-refractivity contribution is 6.30. The van der Waals surface area contributed by atoms with E-state index in [0.717, 1.165) is 10.9 Å². The fourth-order valence-electron chi connectivity index (χ4n) is 2.22. The first-order chi connectivity index (χ1) is 9.56. The molecule has 0 amide bonds. The lowest BCUT2D eigenvalue weighted by molar-refractivity contribution is 0.475. The summed E-state index contributed by atoms with van der Waals surface area (Å²) in [5, 5.41) is 10.7. The Hall–Kier alpha value is -2.33.